The molecule has 2 aromatic rings. The van der Waals surface area contributed by atoms with Gasteiger partial charge in [-0.2, -0.15) is 0 Å². The van der Waals surface area contributed by atoms with Gasteiger partial charge in [-0.25, -0.2) is 0 Å². The van der Waals surface area contributed by atoms with Gasteiger partial charge in [0.1, 0.15) is 5.69 Å². The van der Waals surface area contributed by atoms with Crippen molar-refractivity contribution in [2.75, 3.05) is 13.1 Å². The summed E-state index contributed by atoms with van der Waals surface area (Å²) < 4.78 is 0. The molecule has 3 N–H and O–H groups in total. The largest absolute Gasteiger partial charge is 0.336 e. The van der Waals surface area contributed by atoms with Gasteiger partial charge in [-0.05, 0) is 0 Å². The predicted molar refractivity (Wildman–Crippen MR) is 65.0 cm³/mol. The average Bonchev–Trinajstić information content (AvgIpc) is 2.85. The number of hydrogen-bond donors (Lipinski definition) is 3. The Hall–Kier alpha value is -2.09. The summed E-state index contributed by atoms with van der Waals surface area (Å²) in [5, 5.41) is 6.77. The monoisotopic (exact) mass is 266 g/mol. The normalized spacial score (nSPS) is 15.7. The van der Waals surface area contributed by atoms with Crippen molar-refractivity contribution in [2.24, 2.45) is 0 Å². The maximum atomic E-state index is 11.9. The summed E-state index contributed by atoms with van der Waals surface area (Å²) in [7, 11) is 0. The van der Waals surface area contributed by atoms with E-state index in [1.165, 1.54) is 11.4 Å². The van der Waals surface area contributed by atoms with Crippen LogP contribution in [0.5, 0.6) is 0 Å². The Balaban J connectivity index is 1.67. The van der Waals surface area contributed by atoms with Gasteiger partial charge in [0.25, 0.3) is 11.5 Å². The molecular weight excluding hydrogens is 256 g/mol. The Morgan fingerprint density at radius 3 is 2.67 bits per heavy atom. The van der Waals surface area contributed by atoms with Crippen molar-refractivity contribution < 1.29 is 4.79 Å². The molecule has 0 spiro atoms. The van der Waals surface area contributed by atoms with E-state index in [0.29, 0.717) is 18.8 Å². The van der Waals surface area contributed by atoms with Crippen LogP contribution in [0, 0.1) is 0 Å². The fraction of sp³-hybridized carbons (Fsp3) is 0.300. The van der Waals surface area contributed by atoms with Gasteiger partial charge in [-0.3, -0.25) is 19.5 Å². The minimum Gasteiger partial charge on any atom is -0.336 e. The molecule has 0 unspecified atom stereocenters. The standard InChI is InChI=1S/C10H10N4O3S/c15-8-1-6(12-13-8)5-2-14(3-5)9(16)7-4-18-10(17)11-7/h1,4-5H,2-3H2,(H,11,17)(H2,12,13,15). The van der Waals surface area contributed by atoms with Crippen molar-refractivity contribution >= 4 is 17.2 Å². The SMILES string of the molecule is O=C(c1csc(=O)[nH]1)N1CC(c2cc(=O)[nH][nH]2)C1. The van der Waals surface area contributed by atoms with Gasteiger partial charge in [0.2, 0.25) is 0 Å². The van der Waals surface area contributed by atoms with E-state index in [9.17, 15) is 14.4 Å². The van der Waals surface area contributed by atoms with E-state index in [4.69, 9.17) is 0 Å². The molecule has 94 valence electrons. The van der Waals surface area contributed by atoms with E-state index in [2.05, 4.69) is 15.2 Å². The molecule has 7 nitrogen and oxygen atoms in total. The first-order valence-corrected chi connectivity index (χ1v) is 6.26. The molecule has 8 heteroatoms. The molecule has 2 aromatic heterocycles. The van der Waals surface area contributed by atoms with Gasteiger partial charge < -0.3 is 15.0 Å². The highest BCUT2D eigenvalue weighted by atomic mass is 32.1. The molecule has 0 atom stereocenters. The van der Waals surface area contributed by atoms with Gasteiger partial charge >= 0.3 is 4.87 Å². The number of aromatic amines is 3. The number of nitrogens with zero attached hydrogens (tertiary/aromatic N) is 1. The van der Waals surface area contributed by atoms with E-state index in [1.54, 1.807) is 4.90 Å². The molecule has 3 rings (SSSR count). The van der Waals surface area contributed by atoms with Crippen molar-refractivity contribution in [1.82, 2.24) is 20.1 Å². The predicted octanol–water partition coefficient (Wildman–Crippen LogP) is -0.308. The lowest BCUT2D eigenvalue weighted by molar-refractivity contribution is 0.0593. The number of H-pyrrole nitrogens is 3. The van der Waals surface area contributed by atoms with Crippen molar-refractivity contribution in [2.45, 2.75) is 5.92 Å². The van der Waals surface area contributed by atoms with Crippen molar-refractivity contribution in [3.8, 4) is 0 Å². The number of carbonyl (C=O) groups excluding carboxylic acids is 1. The maximum Gasteiger partial charge on any atom is 0.305 e. The Labute approximate surface area is 104 Å². The molecule has 0 saturated carbocycles. The molecule has 18 heavy (non-hydrogen) atoms. The van der Waals surface area contributed by atoms with Crippen LogP contribution in [0.4, 0.5) is 0 Å². The quantitative estimate of drug-likeness (QED) is 0.695. The van der Waals surface area contributed by atoms with Gasteiger partial charge in [-0.15, -0.1) is 0 Å². The highest BCUT2D eigenvalue weighted by Crippen LogP contribution is 2.25. The molecule has 0 radical (unpaired) electrons. The van der Waals surface area contributed by atoms with E-state index in [0.717, 1.165) is 17.0 Å². The Kier molecular flexibility index (Phi) is 2.44. The number of aromatic nitrogens is 3. The lowest BCUT2D eigenvalue weighted by Crippen LogP contribution is -2.48. The minimum absolute atomic E-state index is 0.151. The molecule has 1 aliphatic heterocycles. The number of thiazole rings is 1. The van der Waals surface area contributed by atoms with E-state index in [1.807, 2.05) is 0 Å². The first-order valence-electron chi connectivity index (χ1n) is 5.38. The Morgan fingerprint density at radius 2 is 2.11 bits per heavy atom. The summed E-state index contributed by atoms with van der Waals surface area (Å²) >= 11 is 0.974. The van der Waals surface area contributed by atoms with Crippen LogP contribution >= 0.6 is 11.3 Å². The summed E-state index contributed by atoms with van der Waals surface area (Å²) in [6.07, 6.45) is 0. The van der Waals surface area contributed by atoms with Gasteiger partial charge in [-0.1, -0.05) is 11.3 Å². The highest BCUT2D eigenvalue weighted by molar-refractivity contribution is 7.07. The zero-order valence-corrected chi connectivity index (χ0v) is 10.0. The van der Waals surface area contributed by atoms with Crippen molar-refractivity contribution in [3.63, 3.8) is 0 Å². The maximum absolute atomic E-state index is 11.9. The second-order valence-corrected chi connectivity index (χ2v) is 5.03. The summed E-state index contributed by atoms with van der Waals surface area (Å²) in [5.41, 5.74) is 0.964. The Morgan fingerprint density at radius 1 is 1.33 bits per heavy atom. The van der Waals surface area contributed by atoms with Crippen molar-refractivity contribution in [3.05, 3.63) is 42.9 Å². The molecule has 3 heterocycles. The average molecular weight is 266 g/mol. The van der Waals surface area contributed by atoms with Crippen LogP contribution in [-0.4, -0.2) is 39.1 Å². The second kappa shape index (κ2) is 3.98. The molecular formula is C10H10N4O3S. The number of nitrogens with one attached hydrogen (secondary N) is 3. The summed E-state index contributed by atoms with van der Waals surface area (Å²) in [5.74, 6) is -0.0271. The molecule has 1 aliphatic rings. The van der Waals surface area contributed by atoms with Crippen LogP contribution in [0.1, 0.15) is 22.1 Å². The third-order valence-corrected chi connectivity index (χ3v) is 3.65. The van der Waals surface area contributed by atoms with Crippen LogP contribution in [-0.2, 0) is 0 Å². The fourth-order valence-electron chi connectivity index (χ4n) is 1.96. The molecule has 1 fully saturated rings. The topological polar surface area (TPSA) is 102 Å². The summed E-state index contributed by atoms with van der Waals surface area (Å²) in [6.45, 7) is 1.09. The van der Waals surface area contributed by atoms with E-state index >= 15 is 0 Å². The number of amides is 1. The third kappa shape index (κ3) is 1.80. The number of rotatable bonds is 2. The Bertz CT molecular complexity index is 688. The van der Waals surface area contributed by atoms with Crippen LogP contribution in [0.25, 0.3) is 0 Å². The van der Waals surface area contributed by atoms with Crippen LogP contribution in [0.2, 0.25) is 0 Å². The van der Waals surface area contributed by atoms with Crippen LogP contribution in [0.15, 0.2) is 21.0 Å². The number of hydrogen-bond acceptors (Lipinski definition) is 4. The molecule has 0 aromatic carbocycles. The van der Waals surface area contributed by atoms with Crippen LogP contribution in [0.3, 0.4) is 0 Å². The third-order valence-electron chi connectivity index (χ3n) is 2.98. The number of carbonyl (C=O) groups is 1. The molecule has 1 amide bonds. The van der Waals surface area contributed by atoms with E-state index < -0.39 is 0 Å². The lowest BCUT2D eigenvalue weighted by atomic mass is 9.96. The van der Waals surface area contributed by atoms with E-state index in [-0.39, 0.29) is 22.3 Å². The summed E-state index contributed by atoms with van der Waals surface area (Å²) in [4.78, 5) is 37.7. The highest BCUT2D eigenvalue weighted by Gasteiger charge is 2.33. The molecule has 0 bridgehead atoms. The summed E-state index contributed by atoms with van der Waals surface area (Å²) in [6, 6.07) is 1.50. The lowest BCUT2D eigenvalue weighted by Gasteiger charge is -2.38. The molecule has 1 saturated heterocycles. The zero-order valence-electron chi connectivity index (χ0n) is 9.23. The first-order chi connectivity index (χ1) is 8.63. The fourth-order valence-corrected chi connectivity index (χ4v) is 2.52. The van der Waals surface area contributed by atoms with Crippen LogP contribution < -0.4 is 10.4 Å². The minimum atomic E-state index is -0.231. The zero-order chi connectivity index (χ0) is 12.7. The first kappa shape index (κ1) is 11.0. The second-order valence-electron chi connectivity index (χ2n) is 4.18. The molecule has 0 aliphatic carbocycles. The van der Waals surface area contributed by atoms with Gasteiger partial charge in [0, 0.05) is 36.1 Å². The van der Waals surface area contributed by atoms with Gasteiger partial charge in [0.15, 0.2) is 0 Å². The van der Waals surface area contributed by atoms with Crippen molar-refractivity contribution in [1.29, 1.82) is 0 Å². The number of likely N-dealkylation sites (tertiary alicyclic amines) is 1. The smallest absolute Gasteiger partial charge is 0.305 e. The van der Waals surface area contributed by atoms with Gasteiger partial charge in [0.05, 0.1) is 0 Å².